The lowest BCUT2D eigenvalue weighted by molar-refractivity contribution is -0.00596. The number of thiocarbonyl (C=S) groups is 1. The van der Waals surface area contributed by atoms with Crippen molar-refractivity contribution in [1.29, 1.82) is 0 Å². The largest absolute Gasteiger partial charge is 0.360 e. The van der Waals surface area contributed by atoms with Crippen molar-refractivity contribution in [3.05, 3.63) is 29.3 Å². The van der Waals surface area contributed by atoms with Crippen molar-refractivity contribution in [3.63, 3.8) is 0 Å². The summed E-state index contributed by atoms with van der Waals surface area (Å²) in [6.45, 7) is 4.30. The number of hydrogen-bond acceptors (Lipinski definition) is 2. The van der Waals surface area contributed by atoms with Gasteiger partial charge >= 0.3 is 0 Å². The van der Waals surface area contributed by atoms with E-state index < -0.39 is 0 Å². The molecular weight excluding hydrogens is 338 g/mol. The molecule has 4 rings (SSSR count). The van der Waals surface area contributed by atoms with Crippen LogP contribution in [0.5, 0.6) is 0 Å². The molecule has 1 saturated carbocycles. The van der Waals surface area contributed by atoms with Crippen LogP contribution in [-0.2, 0) is 0 Å². The lowest BCUT2D eigenvalue weighted by Gasteiger charge is -2.52. The van der Waals surface area contributed by atoms with E-state index in [4.69, 9.17) is 12.2 Å². The van der Waals surface area contributed by atoms with E-state index in [1.165, 1.54) is 68.9 Å². The van der Waals surface area contributed by atoms with Crippen molar-refractivity contribution in [2.75, 3.05) is 5.32 Å². The minimum Gasteiger partial charge on any atom is -0.360 e. The van der Waals surface area contributed by atoms with E-state index in [0.29, 0.717) is 6.04 Å². The summed E-state index contributed by atoms with van der Waals surface area (Å²) in [5, 5.41) is 7.81. The van der Waals surface area contributed by atoms with Gasteiger partial charge in [-0.05, 0) is 87.8 Å². The van der Waals surface area contributed by atoms with Crippen LogP contribution in [0.3, 0.4) is 0 Å². The predicted octanol–water partition coefficient (Wildman–Crippen LogP) is 4.92. The summed E-state index contributed by atoms with van der Waals surface area (Å²) < 4.78 is 0. The third-order valence-corrected chi connectivity index (χ3v) is 7.10. The van der Waals surface area contributed by atoms with Gasteiger partial charge in [-0.15, -0.1) is 0 Å². The normalized spacial score (nSPS) is 29.5. The van der Waals surface area contributed by atoms with E-state index in [9.17, 15) is 0 Å². The molecule has 3 fully saturated rings. The zero-order valence-corrected chi connectivity index (χ0v) is 17.1. The first-order valence-corrected chi connectivity index (χ1v) is 10.9. The van der Waals surface area contributed by atoms with Gasteiger partial charge in [-0.1, -0.05) is 25.3 Å². The lowest BCUT2D eigenvalue weighted by atomic mass is 9.80. The molecular formula is C22H33N3S. The fourth-order valence-corrected chi connectivity index (χ4v) is 5.79. The Morgan fingerprint density at radius 1 is 0.923 bits per heavy atom. The molecule has 2 bridgehead atoms. The van der Waals surface area contributed by atoms with Gasteiger partial charge in [0.15, 0.2) is 5.11 Å². The highest BCUT2D eigenvalue weighted by atomic mass is 32.1. The minimum absolute atomic E-state index is 0.523. The Morgan fingerprint density at radius 3 is 2.23 bits per heavy atom. The third-order valence-electron chi connectivity index (χ3n) is 6.88. The number of nitrogens with one attached hydrogen (secondary N) is 2. The summed E-state index contributed by atoms with van der Waals surface area (Å²) in [6.07, 6.45) is 12.4. The van der Waals surface area contributed by atoms with Crippen LogP contribution in [0.25, 0.3) is 0 Å². The van der Waals surface area contributed by atoms with Crippen LogP contribution in [0, 0.1) is 13.8 Å². The standard InChI is InChI=1S/C22H33N3S/c1-15-10-11-17(12-16(15)2)23-22(26)24-18-13-20-8-5-9-21(14-18)25(20)19-6-3-4-7-19/h10-12,18-21H,3-9,13-14H2,1-2H3,(H2,23,24,26)/t20-,21-/m1/s1. The number of benzene rings is 1. The summed E-state index contributed by atoms with van der Waals surface area (Å²) in [5.41, 5.74) is 3.72. The summed E-state index contributed by atoms with van der Waals surface area (Å²) in [5.74, 6) is 0. The van der Waals surface area contributed by atoms with Gasteiger partial charge < -0.3 is 10.6 Å². The molecule has 2 heterocycles. The molecule has 2 N–H and O–H groups in total. The first-order valence-electron chi connectivity index (χ1n) is 10.5. The topological polar surface area (TPSA) is 27.3 Å². The maximum absolute atomic E-state index is 5.63. The Bertz CT molecular complexity index is 639. The molecule has 2 atom stereocenters. The average molecular weight is 372 g/mol. The second kappa shape index (κ2) is 7.85. The maximum Gasteiger partial charge on any atom is 0.170 e. The van der Waals surface area contributed by atoms with Crippen LogP contribution >= 0.6 is 12.2 Å². The molecule has 142 valence electrons. The van der Waals surface area contributed by atoms with Crippen LogP contribution in [-0.4, -0.2) is 34.2 Å². The molecule has 4 heteroatoms. The Kier molecular flexibility index (Phi) is 5.51. The molecule has 1 aliphatic carbocycles. The lowest BCUT2D eigenvalue weighted by Crippen LogP contribution is -2.59. The molecule has 2 aliphatic heterocycles. The van der Waals surface area contributed by atoms with Crippen molar-refractivity contribution < 1.29 is 0 Å². The monoisotopic (exact) mass is 371 g/mol. The molecule has 0 spiro atoms. The highest BCUT2D eigenvalue weighted by Crippen LogP contribution is 2.39. The van der Waals surface area contributed by atoms with Gasteiger partial charge in [0.2, 0.25) is 0 Å². The van der Waals surface area contributed by atoms with Crippen LogP contribution in [0.15, 0.2) is 18.2 Å². The molecule has 0 unspecified atom stereocenters. The number of piperidine rings is 2. The summed E-state index contributed by atoms with van der Waals surface area (Å²) in [7, 11) is 0. The Balaban J connectivity index is 1.35. The Hall–Kier alpha value is -1.13. The number of rotatable bonds is 3. The SMILES string of the molecule is Cc1ccc(NC(=S)NC2C[C@H]3CCC[C@H](C2)N3C2CCCC2)cc1C. The first-order chi connectivity index (χ1) is 12.6. The van der Waals surface area contributed by atoms with Crippen molar-refractivity contribution in [1.82, 2.24) is 10.2 Å². The van der Waals surface area contributed by atoms with Crippen LogP contribution < -0.4 is 10.6 Å². The van der Waals surface area contributed by atoms with Gasteiger partial charge in [0.25, 0.3) is 0 Å². The van der Waals surface area contributed by atoms with Gasteiger partial charge in [0.05, 0.1) is 0 Å². The van der Waals surface area contributed by atoms with Gasteiger partial charge in [-0.3, -0.25) is 4.90 Å². The smallest absolute Gasteiger partial charge is 0.170 e. The van der Waals surface area contributed by atoms with Gasteiger partial charge in [0, 0.05) is 29.9 Å². The molecule has 1 aromatic carbocycles. The van der Waals surface area contributed by atoms with E-state index >= 15 is 0 Å². The molecule has 2 saturated heterocycles. The highest BCUT2D eigenvalue weighted by Gasteiger charge is 2.42. The second-order valence-electron chi connectivity index (χ2n) is 8.69. The number of fused-ring (bicyclic) bond motifs is 2. The van der Waals surface area contributed by atoms with Crippen molar-refractivity contribution in [3.8, 4) is 0 Å². The van der Waals surface area contributed by atoms with Gasteiger partial charge in [0.1, 0.15) is 0 Å². The Morgan fingerprint density at radius 2 is 1.58 bits per heavy atom. The van der Waals surface area contributed by atoms with E-state index in [-0.39, 0.29) is 0 Å². The fourth-order valence-electron chi connectivity index (χ4n) is 5.51. The van der Waals surface area contributed by atoms with Crippen LogP contribution in [0.2, 0.25) is 0 Å². The first kappa shape index (κ1) is 18.2. The molecule has 1 aromatic rings. The third kappa shape index (κ3) is 3.91. The van der Waals surface area contributed by atoms with Crippen molar-refractivity contribution in [2.24, 2.45) is 0 Å². The number of hydrogen-bond donors (Lipinski definition) is 2. The van der Waals surface area contributed by atoms with Gasteiger partial charge in [-0.25, -0.2) is 0 Å². The summed E-state index contributed by atoms with van der Waals surface area (Å²) in [6, 6.07) is 9.39. The van der Waals surface area contributed by atoms with E-state index in [1.54, 1.807) is 0 Å². The number of nitrogens with zero attached hydrogens (tertiary/aromatic N) is 1. The molecule has 3 nitrogen and oxygen atoms in total. The molecule has 3 aliphatic rings. The van der Waals surface area contributed by atoms with Crippen molar-refractivity contribution in [2.45, 2.75) is 95.8 Å². The zero-order chi connectivity index (χ0) is 18.1. The number of aryl methyl sites for hydroxylation is 2. The van der Waals surface area contributed by atoms with E-state index in [0.717, 1.165) is 28.9 Å². The number of anilines is 1. The fraction of sp³-hybridized carbons (Fsp3) is 0.682. The molecule has 0 aromatic heterocycles. The van der Waals surface area contributed by atoms with Crippen LogP contribution in [0.1, 0.15) is 68.9 Å². The quantitative estimate of drug-likeness (QED) is 0.738. The second-order valence-corrected chi connectivity index (χ2v) is 9.10. The predicted molar refractivity (Wildman–Crippen MR) is 114 cm³/mol. The molecule has 0 radical (unpaired) electrons. The van der Waals surface area contributed by atoms with Crippen LogP contribution in [0.4, 0.5) is 5.69 Å². The minimum atomic E-state index is 0.523. The van der Waals surface area contributed by atoms with E-state index in [1.807, 2.05) is 0 Å². The molecule has 0 amide bonds. The Labute approximate surface area is 163 Å². The summed E-state index contributed by atoms with van der Waals surface area (Å²) in [4.78, 5) is 2.93. The van der Waals surface area contributed by atoms with Crippen molar-refractivity contribution >= 4 is 23.0 Å². The molecule has 26 heavy (non-hydrogen) atoms. The highest BCUT2D eigenvalue weighted by molar-refractivity contribution is 7.80. The average Bonchev–Trinajstić information content (AvgIpc) is 3.11. The zero-order valence-electron chi connectivity index (χ0n) is 16.3. The van der Waals surface area contributed by atoms with Gasteiger partial charge in [-0.2, -0.15) is 0 Å². The summed E-state index contributed by atoms with van der Waals surface area (Å²) >= 11 is 5.63. The maximum atomic E-state index is 5.63. The van der Waals surface area contributed by atoms with E-state index in [2.05, 4.69) is 47.6 Å².